The maximum atomic E-state index is 11.6. The Morgan fingerprint density at radius 3 is 2.50 bits per heavy atom. The van der Waals surface area contributed by atoms with Crippen LogP contribution in [0.25, 0.3) is 0 Å². The van der Waals surface area contributed by atoms with Crippen molar-refractivity contribution in [2.24, 2.45) is 11.7 Å². The van der Waals surface area contributed by atoms with E-state index in [1.807, 2.05) is 20.8 Å². The SMILES string of the molecule is CN(CC1CCCCC1)C(CN)CCNC(=O)OC(C)(C)C. The summed E-state index contributed by atoms with van der Waals surface area (Å²) in [6.07, 6.45) is 7.32. The smallest absolute Gasteiger partial charge is 0.407 e. The van der Waals surface area contributed by atoms with Gasteiger partial charge in [0.25, 0.3) is 0 Å². The summed E-state index contributed by atoms with van der Waals surface area (Å²) in [7, 11) is 2.15. The molecule has 0 bridgehead atoms. The summed E-state index contributed by atoms with van der Waals surface area (Å²) in [6, 6.07) is 0.317. The van der Waals surface area contributed by atoms with Crippen molar-refractivity contribution in [1.29, 1.82) is 0 Å². The third-order valence-electron chi connectivity index (χ3n) is 4.31. The van der Waals surface area contributed by atoms with Crippen LogP contribution in [0.3, 0.4) is 0 Å². The molecular weight excluding hydrogens is 278 g/mol. The lowest BCUT2D eigenvalue weighted by Crippen LogP contribution is -2.43. The van der Waals surface area contributed by atoms with Crippen molar-refractivity contribution in [2.75, 3.05) is 26.7 Å². The van der Waals surface area contributed by atoms with Gasteiger partial charge in [-0.15, -0.1) is 0 Å². The van der Waals surface area contributed by atoms with Gasteiger partial charge in [0.1, 0.15) is 5.60 Å². The standard InChI is InChI=1S/C17H35N3O2/c1-17(2,3)22-16(21)19-11-10-15(12-18)20(4)13-14-8-6-5-7-9-14/h14-15H,5-13,18H2,1-4H3,(H,19,21). The predicted octanol–water partition coefficient (Wildman–Crippen LogP) is 2.74. The molecule has 5 nitrogen and oxygen atoms in total. The summed E-state index contributed by atoms with van der Waals surface area (Å²) in [6.45, 7) is 7.95. The number of hydrogen-bond donors (Lipinski definition) is 2. The van der Waals surface area contributed by atoms with Crippen molar-refractivity contribution in [3.8, 4) is 0 Å². The largest absolute Gasteiger partial charge is 0.444 e. The van der Waals surface area contributed by atoms with E-state index in [1.165, 1.54) is 32.1 Å². The first-order valence-electron chi connectivity index (χ1n) is 8.69. The van der Waals surface area contributed by atoms with Crippen LogP contribution in [0.5, 0.6) is 0 Å². The third-order valence-corrected chi connectivity index (χ3v) is 4.31. The van der Waals surface area contributed by atoms with Gasteiger partial charge in [-0.2, -0.15) is 0 Å². The minimum absolute atomic E-state index is 0.317. The van der Waals surface area contributed by atoms with E-state index in [1.54, 1.807) is 0 Å². The minimum Gasteiger partial charge on any atom is -0.444 e. The van der Waals surface area contributed by atoms with E-state index in [4.69, 9.17) is 10.5 Å². The summed E-state index contributed by atoms with van der Waals surface area (Å²) in [5.41, 5.74) is 5.46. The van der Waals surface area contributed by atoms with Crippen molar-refractivity contribution in [2.45, 2.75) is 70.9 Å². The van der Waals surface area contributed by atoms with E-state index in [0.717, 1.165) is 18.9 Å². The van der Waals surface area contributed by atoms with E-state index in [0.29, 0.717) is 19.1 Å². The highest BCUT2D eigenvalue weighted by molar-refractivity contribution is 5.67. The Balaban J connectivity index is 2.26. The predicted molar refractivity (Wildman–Crippen MR) is 90.9 cm³/mol. The first-order valence-corrected chi connectivity index (χ1v) is 8.69. The Morgan fingerprint density at radius 1 is 1.32 bits per heavy atom. The number of nitrogens with two attached hydrogens (primary N) is 1. The molecule has 1 saturated carbocycles. The van der Waals surface area contributed by atoms with Gasteiger partial charge in [0.2, 0.25) is 0 Å². The number of likely N-dealkylation sites (N-methyl/N-ethyl adjacent to an activating group) is 1. The zero-order valence-electron chi connectivity index (χ0n) is 14.9. The van der Waals surface area contributed by atoms with Crippen molar-refractivity contribution in [1.82, 2.24) is 10.2 Å². The van der Waals surface area contributed by atoms with Crippen LogP contribution in [0.15, 0.2) is 0 Å². The number of amides is 1. The van der Waals surface area contributed by atoms with Crippen LogP contribution in [0.4, 0.5) is 4.79 Å². The minimum atomic E-state index is -0.449. The molecule has 1 amide bonds. The molecule has 0 radical (unpaired) electrons. The fourth-order valence-electron chi connectivity index (χ4n) is 3.10. The Hall–Kier alpha value is -0.810. The van der Waals surface area contributed by atoms with E-state index >= 15 is 0 Å². The number of nitrogens with zero attached hydrogens (tertiary/aromatic N) is 1. The summed E-state index contributed by atoms with van der Waals surface area (Å²) >= 11 is 0. The quantitative estimate of drug-likeness (QED) is 0.758. The van der Waals surface area contributed by atoms with Crippen LogP contribution < -0.4 is 11.1 Å². The second-order valence-corrected chi connectivity index (χ2v) is 7.55. The molecule has 22 heavy (non-hydrogen) atoms. The van der Waals surface area contributed by atoms with Crippen LogP contribution in [-0.4, -0.2) is 49.3 Å². The second-order valence-electron chi connectivity index (χ2n) is 7.55. The maximum absolute atomic E-state index is 11.6. The van der Waals surface area contributed by atoms with Crippen LogP contribution in [-0.2, 0) is 4.74 Å². The van der Waals surface area contributed by atoms with Gasteiger partial charge in [-0.1, -0.05) is 19.3 Å². The summed E-state index contributed by atoms with van der Waals surface area (Å²) in [5.74, 6) is 0.812. The molecule has 0 aromatic heterocycles. The Morgan fingerprint density at radius 2 is 1.95 bits per heavy atom. The van der Waals surface area contributed by atoms with Gasteiger partial charge in [0.15, 0.2) is 0 Å². The van der Waals surface area contributed by atoms with E-state index in [-0.39, 0.29) is 6.09 Å². The highest BCUT2D eigenvalue weighted by Gasteiger charge is 2.20. The van der Waals surface area contributed by atoms with Crippen molar-refractivity contribution >= 4 is 6.09 Å². The topological polar surface area (TPSA) is 67.6 Å². The second kappa shape index (κ2) is 9.36. The molecule has 0 saturated heterocycles. The van der Waals surface area contributed by atoms with Crippen molar-refractivity contribution in [3.63, 3.8) is 0 Å². The molecule has 0 spiro atoms. The van der Waals surface area contributed by atoms with Gasteiger partial charge in [-0.05, 0) is 53.0 Å². The molecule has 130 valence electrons. The van der Waals surface area contributed by atoms with Crippen molar-refractivity contribution < 1.29 is 9.53 Å². The molecule has 0 aromatic carbocycles. The van der Waals surface area contributed by atoms with Gasteiger partial charge in [-0.3, -0.25) is 0 Å². The number of nitrogens with one attached hydrogen (secondary N) is 1. The zero-order valence-corrected chi connectivity index (χ0v) is 14.9. The molecule has 5 heteroatoms. The lowest BCUT2D eigenvalue weighted by molar-refractivity contribution is 0.0522. The average Bonchev–Trinajstić information content (AvgIpc) is 2.42. The number of alkyl carbamates (subject to hydrolysis) is 1. The highest BCUT2D eigenvalue weighted by Crippen LogP contribution is 2.24. The van der Waals surface area contributed by atoms with Gasteiger partial charge < -0.3 is 20.7 Å². The molecule has 1 unspecified atom stereocenters. The van der Waals surface area contributed by atoms with Crippen LogP contribution in [0, 0.1) is 5.92 Å². The number of carbonyl (C=O) groups excluding carboxylic acids is 1. The number of carbonyl (C=O) groups is 1. The fourth-order valence-corrected chi connectivity index (χ4v) is 3.10. The van der Waals surface area contributed by atoms with E-state index in [9.17, 15) is 4.79 Å². The average molecular weight is 313 g/mol. The van der Waals surface area contributed by atoms with E-state index < -0.39 is 5.60 Å². The molecule has 1 aliphatic rings. The molecule has 1 fully saturated rings. The number of ether oxygens (including phenoxy) is 1. The summed E-state index contributed by atoms with van der Waals surface area (Å²) < 4.78 is 5.24. The van der Waals surface area contributed by atoms with Crippen molar-refractivity contribution in [3.05, 3.63) is 0 Å². The first kappa shape index (κ1) is 19.2. The summed E-state index contributed by atoms with van der Waals surface area (Å²) in [5, 5.41) is 2.82. The number of hydrogen-bond acceptors (Lipinski definition) is 4. The molecule has 0 aromatic rings. The van der Waals surface area contributed by atoms with Crippen LogP contribution in [0.1, 0.15) is 59.3 Å². The Bertz CT molecular complexity index is 322. The van der Waals surface area contributed by atoms with E-state index in [2.05, 4.69) is 17.3 Å². The Labute approximate surface area is 135 Å². The molecular formula is C17H35N3O2. The van der Waals surface area contributed by atoms with Gasteiger partial charge in [-0.25, -0.2) is 4.79 Å². The molecule has 0 aliphatic heterocycles. The molecule has 1 aliphatic carbocycles. The lowest BCUT2D eigenvalue weighted by Gasteiger charge is -2.32. The molecule has 1 rings (SSSR count). The monoisotopic (exact) mass is 313 g/mol. The normalized spacial score (nSPS) is 18.3. The van der Waals surface area contributed by atoms with Crippen LogP contribution >= 0.6 is 0 Å². The number of rotatable bonds is 7. The first-order chi connectivity index (χ1) is 10.3. The Kier molecular flexibility index (Phi) is 8.18. The lowest BCUT2D eigenvalue weighted by atomic mass is 9.88. The fraction of sp³-hybridized carbons (Fsp3) is 0.941. The maximum Gasteiger partial charge on any atom is 0.407 e. The molecule has 0 heterocycles. The third kappa shape index (κ3) is 7.99. The summed E-state index contributed by atoms with van der Waals surface area (Å²) in [4.78, 5) is 14.0. The highest BCUT2D eigenvalue weighted by atomic mass is 16.6. The van der Waals surface area contributed by atoms with Crippen LogP contribution in [0.2, 0.25) is 0 Å². The molecule has 3 N–H and O–H groups in total. The van der Waals surface area contributed by atoms with Gasteiger partial charge >= 0.3 is 6.09 Å². The van der Waals surface area contributed by atoms with Gasteiger partial charge in [0.05, 0.1) is 0 Å². The molecule has 1 atom stereocenters. The zero-order chi connectivity index (χ0) is 16.6. The van der Waals surface area contributed by atoms with Gasteiger partial charge in [0, 0.05) is 25.7 Å².